The van der Waals surface area contributed by atoms with Crippen molar-refractivity contribution < 1.29 is 9.90 Å². The molecule has 0 spiro atoms. The van der Waals surface area contributed by atoms with E-state index in [2.05, 4.69) is 11.1 Å². The summed E-state index contributed by atoms with van der Waals surface area (Å²) in [6.07, 6.45) is 7.94. The highest BCUT2D eigenvalue weighted by molar-refractivity contribution is 7.13. The largest absolute Gasteiger partial charge is 0.478 e. The number of aromatic nitrogens is 1. The number of hydrogen-bond donors (Lipinski definition) is 1. The summed E-state index contributed by atoms with van der Waals surface area (Å²) in [7, 11) is 0. The van der Waals surface area contributed by atoms with E-state index in [0.29, 0.717) is 5.56 Å². The first kappa shape index (κ1) is 13.2. The molecule has 2 heterocycles. The molecule has 0 bridgehead atoms. The molecule has 0 saturated heterocycles. The van der Waals surface area contributed by atoms with E-state index in [4.69, 9.17) is 10.4 Å². The van der Waals surface area contributed by atoms with Crippen molar-refractivity contribution in [2.75, 3.05) is 0 Å². The van der Waals surface area contributed by atoms with Crippen molar-refractivity contribution in [2.45, 2.75) is 0 Å². The van der Waals surface area contributed by atoms with E-state index in [1.807, 2.05) is 12.2 Å². The van der Waals surface area contributed by atoms with E-state index >= 15 is 0 Å². The molecule has 0 atom stereocenters. The molecular weight excluding hydrogens is 280 g/mol. The molecule has 0 aliphatic carbocycles. The highest BCUT2D eigenvalue weighted by atomic mass is 32.1. The van der Waals surface area contributed by atoms with Gasteiger partial charge in [-0.1, -0.05) is 0 Å². The van der Waals surface area contributed by atoms with Crippen molar-refractivity contribution >= 4 is 46.9 Å². The van der Waals surface area contributed by atoms with E-state index in [-0.39, 0.29) is 0 Å². The maximum atomic E-state index is 10.4. The lowest BCUT2D eigenvalue weighted by molar-refractivity contribution is -0.131. The Hall–Kier alpha value is -2.23. The topological polar surface area (TPSA) is 74.0 Å². The fraction of sp³-hybridized carbons (Fsp3) is 0. The van der Waals surface area contributed by atoms with Crippen LogP contribution in [0.25, 0.3) is 18.2 Å². The van der Waals surface area contributed by atoms with E-state index < -0.39 is 5.97 Å². The molecule has 0 amide bonds. The molecule has 0 saturated carbocycles. The Labute approximate surface area is 117 Å². The third-order valence-electron chi connectivity index (χ3n) is 2.07. The minimum Gasteiger partial charge on any atom is -0.478 e. The van der Waals surface area contributed by atoms with Crippen molar-refractivity contribution in [2.24, 2.45) is 0 Å². The molecule has 6 heteroatoms. The Morgan fingerprint density at radius 1 is 1.37 bits per heavy atom. The number of aliphatic carboxylic acids is 1. The normalized spacial score (nSPS) is 11.1. The predicted octanol–water partition coefficient (Wildman–Crippen LogP) is 3.34. The summed E-state index contributed by atoms with van der Waals surface area (Å²) in [6.45, 7) is 0. The SMILES string of the molecule is N#Cc1csc(/C=C/c2ncc(/C=C/C(=O)O)s2)c1. The van der Waals surface area contributed by atoms with Crippen LogP contribution in [-0.4, -0.2) is 16.1 Å². The first-order chi connectivity index (χ1) is 9.17. The summed E-state index contributed by atoms with van der Waals surface area (Å²) < 4.78 is 0. The van der Waals surface area contributed by atoms with Gasteiger partial charge in [0.05, 0.1) is 5.56 Å². The van der Waals surface area contributed by atoms with E-state index in [9.17, 15) is 4.79 Å². The Balaban J connectivity index is 2.07. The molecule has 2 aromatic rings. The van der Waals surface area contributed by atoms with Crippen molar-refractivity contribution in [3.05, 3.63) is 44.0 Å². The fourth-order valence-electron chi connectivity index (χ4n) is 1.26. The van der Waals surface area contributed by atoms with Crippen molar-refractivity contribution in [1.29, 1.82) is 5.26 Å². The Morgan fingerprint density at radius 3 is 2.89 bits per heavy atom. The maximum absolute atomic E-state index is 10.4. The summed E-state index contributed by atoms with van der Waals surface area (Å²) in [5, 5.41) is 19.8. The zero-order chi connectivity index (χ0) is 13.7. The van der Waals surface area contributed by atoms with Gasteiger partial charge in [-0.05, 0) is 24.3 Å². The lowest BCUT2D eigenvalue weighted by Gasteiger charge is -1.83. The number of carboxylic acids is 1. The Bertz CT molecular complexity index is 690. The number of nitrogens with zero attached hydrogens (tertiary/aromatic N) is 2. The molecule has 0 radical (unpaired) electrons. The van der Waals surface area contributed by atoms with Crippen LogP contribution in [0.15, 0.2) is 23.7 Å². The average Bonchev–Trinajstić information content (AvgIpc) is 3.03. The van der Waals surface area contributed by atoms with Crippen molar-refractivity contribution in [1.82, 2.24) is 4.98 Å². The zero-order valence-corrected chi connectivity index (χ0v) is 11.2. The fourth-order valence-corrected chi connectivity index (χ4v) is 2.71. The first-order valence-electron chi connectivity index (χ1n) is 5.21. The van der Waals surface area contributed by atoms with Gasteiger partial charge in [0.2, 0.25) is 0 Å². The average molecular weight is 288 g/mol. The molecule has 1 N–H and O–H groups in total. The van der Waals surface area contributed by atoms with Crippen molar-refractivity contribution in [3.63, 3.8) is 0 Å². The van der Waals surface area contributed by atoms with Crippen LogP contribution in [0.2, 0.25) is 0 Å². The minimum atomic E-state index is -0.979. The monoisotopic (exact) mass is 288 g/mol. The third kappa shape index (κ3) is 3.88. The van der Waals surface area contributed by atoms with E-state index in [1.165, 1.54) is 28.7 Å². The van der Waals surface area contributed by atoms with Crippen LogP contribution < -0.4 is 0 Å². The standard InChI is InChI=1S/C13H8N2O2S2/c14-6-9-5-10(18-8-9)1-3-12-15-7-11(19-12)2-4-13(16)17/h1-5,7-8H,(H,16,17)/b3-1+,4-2+. The predicted molar refractivity (Wildman–Crippen MR) is 76.7 cm³/mol. The number of nitriles is 1. The molecule has 4 nitrogen and oxygen atoms in total. The number of thiophene rings is 1. The van der Waals surface area contributed by atoms with Gasteiger partial charge in [0, 0.05) is 27.4 Å². The van der Waals surface area contributed by atoms with Crippen LogP contribution >= 0.6 is 22.7 Å². The lowest BCUT2D eigenvalue weighted by atomic mass is 10.3. The number of hydrogen-bond acceptors (Lipinski definition) is 5. The van der Waals surface area contributed by atoms with Gasteiger partial charge in [0.15, 0.2) is 0 Å². The molecule has 0 unspecified atom stereocenters. The summed E-state index contributed by atoms with van der Waals surface area (Å²) in [5.74, 6) is -0.979. The first-order valence-corrected chi connectivity index (χ1v) is 6.90. The lowest BCUT2D eigenvalue weighted by Crippen LogP contribution is -1.84. The molecule has 0 fully saturated rings. The van der Waals surface area contributed by atoms with E-state index in [1.54, 1.807) is 17.6 Å². The Morgan fingerprint density at radius 2 is 2.21 bits per heavy atom. The molecule has 94 valence electrons. The number of carbonyl (C=O) groups is 1. The van der Waals surface area contributed by atoms with Gasteiger partial charge in [-0.3, -0.25) is 0 Å². The number of carboxylic acid groups (broad SMARTS) is 1. The highest BCUT2D eigenvalue weighted by Crippen LogP contribution is 2.20. The minimum absolute atomic E-state index is 0.647. The van der Waals surface area contributed by atoms with Gasteiger partial charge in [-0.15, -0.1) is 22.7 Å². The van der Waals surface area contributed by atoms with Gasteiger partial charge in [-0.25, -0.2) is 9.78 Å². The summed E-state index contributed by atoms with van der Waals surface area (Å²) in [5.41, 5.74) is 0.647. The Kier molecular flexibility index (Phi) is 4.23. The zero-order valence-electron chi connectivity index (χ0n) is 9.61. The summed E-state index contributed by atoms with van der Waals surface area (Å²) in [6, 6.07) is 3.88. The highest BCUT2D eigenvalue weighted by Gasteiger charge is 1.98. The second kappa shape index (κ2) is 6.09. The molecule has 0 aliphatic heterocycles. The van der Waals surface area contributed by atoms with Crippen LogP contribution in [0, 0.1) is 11.3 Å². The van der Waals surface area contributed by atoms with Crippen LogP contribution in [0.1, 0.15) is 20.3 Å². The van der Waals surface area contributed by atoms with Gasteiger partial charge >= 0.3 is 5.97 Å². The third-order valence-corrected chi connectivity index (χ3v) is 3.90. The molecule has 0 aliphatic rings. The molecular formula is C13H8N2O2S2. The molecule has 2 aromatic heterocycles. The molecule has 2 rings (SSSR count). The van der Waals surface area contributed by atoms with Crippen LogP contribution in [-0.2, 0) is 4.79 Å². The number of rotatable bonds is 4. The summed E-state index contributed by atoms with van der Waals surface area (Å²) in [4.78, 5) is 16.3. The van der Waals surface area contributed by atoms with Gasteiger partial charge in [-0.2, -0.15) is 5.26 Å². The van der Waals surface area contributed by atoms with Gasteiger partial charge in [0.1, 0.15) is 11.1 Å². The second-order valence-corrected chi connectivity index (χ2v) is 5.49. The molecule has 0 aromatic carbocycles. The number of thiazole rings is 1. The molecule has 19 heavy (non-hydrogen) atoms. The van der Waals surface area contributed by atoms with Crippen molar-refractivity contribution in [3.8, 4) is 6.07 Å². The summed E-state index contributed by atoms with van der Waals surface area (Å²) >= 11 is 2.89. The van der Waals surface area contributed by atoms with E-state index in [0.717, 1.165) is 20.8 Å². The quantitative estimate of drug-likeness (QED) is 0.875. The van der Waals surface area contributed by atoms with Gasteiger partial charge < -0.3 is 5.11 Å². The maximum Gasteiger partial charge on any atom is 0.328 e. The second-order valence-electron chi connectivity index (χ2n) is 3.46. The van der Waals surface area contributed by atoms with Crippen LogP contribution in [0.3, 0.4) is 0 Å². The van der Waals surface area contributed by atoms with Gasteiger partial charge in [0.25, 0.3) is 0 Å². The van der Waals surface area contributed by atoms with Crippen LogP contribution in [0.4, 0.5) is 0 Å². The van der Waals surface area contributed by atoms with Crippen LogP contribution in [0.5, 0.6) is 0 Å². The smallest absolute Gasteiger partial charge is 0.328 e.